The van der Waals surface area contributed by atoms with Crippen LogP contribution in [0, 0.1) is 11.3 Å². The summed E-state index contributed by atoms with van der Waals surface area (Å²) in [6.07, 6.45) is 0.0495. The van der Waals surface area contributed by atoms with Crippen LogP contribution in [0.5, 0.6) is 0 Å². The zero-order valence-electron chi connectivity index (χ0n) is 11.0. The maximum absolute atomic E-state index is 12.0. The number of hydrogen-bond acceptors (Lipinski definition) is 4. The summed E-state index contributed by atoms with van der Waals surface area (Å²) in [4.78, 5) is 0.159. The quantitative estimate of drug-likeness (QED) is 0.820. The number of nitrogens with zero attached hydrogens (tertiary/aromatic N) is 1. The molecule has 0 amide bonds. The van der Waals surface area contributed by atoms with E-state index in [2.05, 4.69) is 4.72 Å². The maximum atomic E-state index is 12.0. The lowest BCUT2D eigenvalue weighted by Gasteiger charge is -2.15. The highest BCUT2D eigenvalue weighted by atomic mass is 32.2. The summed E-state index contributed by atoms with van der Waals surface area (Å²) in [5.74, 6) is 0. The van der Waals surface area contributed by atoms with Gasteiger partial charge in [-0.2, -0.15) is 5.26 Å². The van der Waals surface area contributed by atoms with Crippen LogP contribution in [0.15, 0.2) is 29.2 Å². The Kier molecular flexibility index (Phi) is 5.48. The van der Waals surface area contributed by atoms with Crippen LogP contribution >= 0.6 is 0 Å². The van der Waals surface area contributed by atoms with Gasteiger partial charge in [0, 0.05) is 6.04 Å². The van der Waals surface area contributed by atoms with Crippen molar-refractivity contribution in [2.24, 2.45) is 0 Å². The lowest BCUT2D eigenvalue weighted by atomic mass is 10.2. The summed E-state index contributed by atoms with van der Waals surface area (Å²) < 4.78 is 26.6. The molecular weight excluding hydrogens is 264 g/mol. The molecule has 1 aromatic rings. The molecule has 0 aromatic heterocycles. The highest BCUT2D eigenvalue weighted by Crippen LogP contribution is 2.12. The largest absolute Gasteiger partial charge is 0.393 e. The Labute approximate surface area is 113 Å². The Morgan fingerprint density at radius 2 is 1.89 bits per heavy atom. The van der Waals surface area contributed by atoms with Crippen molar-refractivity contribution in [3.8, 4) is 6.07 Å². The van der Waals surface area contributed by atoms with Crippen LogP contribution < -0.4 is 4.72 Å². The molecule has 5 nitrogen and oxygen atoms in total. The first-order valence-electron chi connectivity index (χ1n) is 6.01. The Balaban J connectivity index is 2.80. The topological polar surface area (TPSA) is 90.2 Å². The van der Waals surface area contributed by atoms with E-state index >= 15 is 0 Å². The first-order chi connectivity index (χ1) is 8.85. The fourth-order valence-electron chi connectivity index (χ4n) is 1.77. The normalized spacial score (nSPS) is 14.6. The molecule has 19 heavy (non-hydrogen) atoms. The minimum absolute atomic E-state index is 0.159. The molecule has 1 rings (SSSR count). The molecule has 0 radical (unpaired) electrons. The van der Waals surface area contributed by atoms with Crippen LogP contribution in [0.3, 0.4) is 0 Å². The van der Waals surface area contributed by atoms with E-state index in [1.807, 2.05) is 6.07 Å². The molecule has 6 heteroatoms. The minimum atomic E-state index is -3.58. The molecule has 104 valence electrons. The zero-order chi connectivity index (χ0) is 14.5. The van der Waals surface area contributed by atoms with Gasteiger partial charge in [-0.05, 0) is 38.0 Å². The van der Waals surface area contributed by atoms with Crippen molar-refractivity contribution in [3.05, 3.63) is 29.8 Å². The molecule has 0 spiro atoms. The number of aliphatic hydroxyl groups excluding tert-OH is 1. The smallest absolute Gasteiger partial charge is 0.240 e. The highest BCUT2D eigenvalue weighted by molar-refractivity contribution is 7.89. The predicted molar refractivity (Wildman–Crippen MR) is 71.8 cm³/mol. The van der Waals surface area contributed by atoms with E-state index in [0.29, 0.717) is 6.42 Å². The van der Waals surface area contributed by atoms with Crippen LogP contribution in [-0.4, -0.2) is 25.7 Å². The third-order valence-corrected chi connectivity index (χ3v) is 4.17. The fraction of sp³-hybridized carbons (Fsp3) is 0.462. The van der Waals surface area contributed by atoms with E-state index in [1.54, 1.807) is 26.0 Å². The number of hydrogen-bond donors (Lipinski definition) is 2. The maximum Gasteiger partial charge on any atom is 0.240 e. The van der Waals surface area contributed by atoms with Gasteiger partial charge >= 0.3 is 0 Å². The van der Waals surface area contributed by atoms with Crippen molar-refractivity contribution in [2.45, 2.75) is 43.7 Å². The second-order valence-electron chi connectivity index (χ2n) is 4.59. The Morgan fingerprint density at radius 3 is 2.37 bits per heavy atom. The van der Waals surface area contributed by atoms with Gasteiger partial charge in [-0.1, -0.05) is 12.1 Å². The highest BCUT2D eigenvalue weighted by Gasteiger charge is 2.18. The average molecular weight is 282 g/mol. The second kappa shape index (κ2) is 6.66. The van der Waals surface area contributed by atoms with Crippen LogP contribution in [0.4, 0.5) is 0 Å². The zero-order valence-corrected chi connectivity index (χ0v) is 11.8. The van der Waals surface area contributed by atoms with Gasteiger partial charge in [0.1, 0.15) is 0 Å². The molecule has 0 saturated carbocycles. The third-order valence-electron chi connectivity index (χ3n) is 2.57. The minimum Gasteiger partial charge on any atom is -0.393 e. The number of rotatable bonds is 6. The van der Waals surface area contributed by atoms with Crippen molar-refractivity contribution in [1.29, 1.82) is 5.26 Å². The van der Waals surface area contributed by atoms with Crippen LogP contribution in [0.25, 0.3) is 0 Å². The lowest BCUT2D eigenvalue weighted by molar-refractivity contribution is 0.175. The van der Waals surface area contributed by atoms with Crippen LogP contribution in [0.1, 0.15) is 25.8 Å². The molecule has 2 atom stereocenters. The van der Waals surface area contributed by atoms with Crippen LogP contribution in [-0.2, 0) is 16.4 Å². The average Bonchev–Trinajstić information content (AvgIpc) is 2.28. The van der Waals surface area contributed by atoms with Crippen molar-refractivity contribution < 1.29 is 13.5 Å². The first kappa shape index (κ1) is 15.6. The number of sulfonamides is 1. The molecule has 0 heterocycles. The van der Waals surface area contributed by atoms with Gasteiger partial charge in [-0.25, -0.2) is 13.1 Å². The molecule has 1 aromatic carbocycles. The van der Waals surface area contributed by atoms with E-state index in [4.69, 9.17) is 5.26 Å². The summed E-state index contributed by atoms with van der Waals surface area (Å²) in [5.41, 5.74) is 0.776. The van der Waals surface area contributed by atoms with Gasteiger partial charge in [0.2, 0.25) is 10.0 Å². The van der Waals surface area contributed by atoms with E-state index in [-0.39, 0.29) is 17.4 Å². The molecular formula is C13H18N2O3S. The molecule has 2 N–H and O–H groups in total. The monoisotopic (exact) mass is 282 g/mol. The van der Waals surface area contributed by atoms with Gasteiger partial charge in [-0.15, -0.1) is 0 Å². The number of aliphatic hydroxyl groups is 1. The first-order valence-corrected chi connectivity index (χ1v) is 7.49. The van der Waals surface area contributed by atoms with Gasteiger partial charge in [0.05, 0.1) is 23.5 Å². The molecule has 0 bridgehead atoms. The van der Waals surface area contributed by atoms with Crippen molar-refractivity contribution >= 4 is 10.0 Å². The summed E-state index contributed by atoms with van der Waals surface area (Å²) >= 11 is 0. The van der Waals surface area contributed by atoms with E-state index in [0.717, 1.165) is 5.56 Å². The van der Waals surface area contributed by atoms with Crippen molar-refractivity contribution in [2.75, 3.05) is 0 Å². The summed E-state index contributed by atoms with van der Waals surface area (Å²) in [6.45, 7) is 3.32. The van der Waals surface area contributed by atoms with Gasteiger partial charge in [-0.3, -0.25) is 0 Å². The van der Waals surface area contributed by atoms with E-state index in [1.165, 1.54) is 12.1 Å². The van der Waals surface area contributed by atoms with Gasteiger partial charge in [0.15, 0.2) is 0 Å². The summed E-state index contributed by atoms with van der Waals surface area (Å²) in [6, 6.07) is 7.86. The molecule has 0 saturated heterocycles. The van der Waals surface area contributed by atoms with E-state index < -0.39 is 16.1 Å². The predicted octanol–water partition coefficient (Wildman–Crippen LogP) is 1.19. The Morgan fingerprint density at radius 1 is 1.32 bits per heavy atom. The van der Waals surface area contributed by atoms with E-state index in [9.17, 15) is 13.5 Å². The lowest BCUT2D eigenvalue weighted by Crippen LogP contribution is -2.34. The molecule has 0 fully saturated rings. The molecule has 0 aliphatic carbocycles. The van der Waals surface area contributed by atoms with Crippen molar-refractivity contribution in [1.82, 2.24) is 4.72 Å². The Bertz CT molecular complexity index is 544. The number of nitrogens with one attached hydrogen (secondary N) is 1. The fourth-order valence-corrected chi connectivity index (χ4v) is 3.03. The Hall–Kier alpha value is -1.42. The van der Waals surface area contributed by atoms with Crippen LogP contribution in [0.2, 0.25) is 0 Å². The number of benzene rings is 1. The second-order valence-corrected chi connectivity index (χ2v) is 6.30. The summed E-state index contributed by atoms with van der Waals surface area (Å²) in [5, 5.41) is 17.8. The standard InChI is InChI=1S/C13H18N2O3S/c1-10(9-11(2)16)15-19(17,18)13-5-3-12(4-6-13)7-8-14/h3-6,10-11,15-16H,7,9H2,1-2H3. The SMILES string of the molecule is CC(O)CC(C)NS(=O)(=O)c1ccc(CC#N)cc1. The van der Waals surface area contributed by atoms with Gasteiger partial charge in [0.25, 0.3) is 0 Å². The molecule has 0 aliphatic heterocycles. The molecule has 0 aliphatic rings. The third kappa shape index (κ3) is 4.99. The van der Waals surface area contributed by atoms with Crippen molar-refractivity contribution in [3.63, 3.8) is 0 Å². The number of nitriles is 1. The summed E-state index contributed by atoms with van der Waals surface area (Å²) in [7, 11) is -3.58. The molecule has 2 unspecified atom stereocenters. The van der Waals surface area contributed by atoms with Gasteiger partial charge < -0.3 is 5.11 Å².